The maximum absolute atomic E-state index is 10.2. The third-order valence-corrected chi connectivity index (χ3v) is 1.34. The van der Waals surface area contributed by atoms with Gasteiger partial charge in [0, 0.05) is 11.8 Å². The minimum atomic E-state index is -1.56. The van der Waals surface area contributed by atoms with Crippen LogP contribution < -0.4 is 132 Å². The molecule has 1 rings (SSSR count). The third-order valence-electron chi connectivity index (χ3n) is 1.34. The average molecular weight is 339 g/mol. The number of aromatic carboxylic acids is 2. The monoisotopic (exact) mass is 338 g/mol. The van der Waals surface area contributed by atoms with Crippen LogP contribution in [0, 0.1) is 0 Å². The third kappa shape index (κ3) is 4.25. The molecule has 0 amide bonds. The van der Waals surface area contributed by atoms with Gasteiger partial charge in [0.1, 0.15) is 0 Å². The Hall–Kier alpha value is 1.63. The van der Waals surface area contributed by atoms with Crippen LogP contribution in [0.15, 0.2) is 6.20 Å². The minimum Gasteiger partial charge on any atom is -0.545 e. The van der Waals surface area contributed by atoms with E-state index in [1.807, 2.05) is 0 Å². The number of nitrogens with one attached hydrogen (secondary N) is 1. The molecule has 0 bridgehead atoms. The number of hydrogen-bond acceptors (Lipinski definition) is 5. The molecule has 3 N–H and O–H groups in total. The van der Waals surface area contributed by atoms with Gasteiger partial charge in [0.15, 0.2) is 0 Å². The van der Waals surface area contributed by atoms with Crippen LogP contribution in [0.3, 0.4) is 0 Å². The molecule has 0 aliphatic carbocycles. The molecular weight excluding hydrogens is 335 g/mol. The first-order valence-electron chi connectivity index (χ1n) is 2.93. The first-order chi connectivity index (χ1) is 5.54. The second-order valence-electron chi connectivity index (χ2n) is 2.07. The molecule has 6 nitrogen and oxygen atoms in total. The van der Waals surface area contributed by atoms with Gasteiger partial charge in [0.05, 0.1) is 23.3 Å². The van der Waals surface area contributed by atoms with Crippen LogP contribution in [0.25, 0.3) is 0 Å². The van der Waals surface area contributed by atoms with Crippen LogP contribution in [-0.2, 0) is 0 Å². The smallest absolute Gasteiger partial charge is 0.545 e. The summed E-state index contributed by atoms with van der Waals surface area (Å²) in [5.41, 5.74) is 3.92. The number of carbonyl (C=O) groups is 2. The number of carboxylic acid groups (broad SMARTS) is 2. The zero-order valence-corrected chi connectivity index (χ0v) is 17.6. The van der Waals surface area contributed by atoms with Crippen molar-refractivity contribution in [3.63, 3.8) is 0 Å². The van der Waals surface area contributed by atoms with Crippen LogP contribution in [0.5, 0.6) is 0 Å². The van der Waals surface area contributed by atoms with E-state index in [0.717, 1.165) is 6.20 Å². The number of nitrogens with two attached hydrogens (primary N) is 1. The van der Waals surface area contributed by atoms with E-state index >= 15 is 0 Å². The molecule has 0 atom stereocenters. The van der Waals surface area contributed by atoms with Gasteiger partial charge in [-0.2, -0.15) is 0 Å². The predicted octanol–water partition coefficient (Wildman–Crippen LogP) is -8.67. The fraction of sp³-hybridized carbons (Fsp3) is 0. The van der Waals surface area contributed by atoms with E-state index < -0.39 is 17.6 Å². The van der Waals surface area contributed by atoms with Crippen molar-refractivity contribution in [1.29, 1.82) is 0 Å². The van der Waals surface area contributed by atoms with E-state index in [2.05, 4.69) is 4.98 Å². The van der Waals surface area contributed by atoms with E-state index in [1.54, 1.807) is 0 Å². The molecule has 0 saturated carbocycles. The van der Waals surface area contributed by atoms with E-state index in [-0.39, 0.29) is 128 Å². The second kappa shape index (κ2) is 7.83. The number of carbonyl (C=O) groups excluding carboxylic acids is 2. The molecule has 8 heteroatoms. The molecule has 14 heavy (non-hydrogen) atoms. The Kier molecular flexibility index (Phi) is 10.1. The number of H-pyrrole nitrogens is 1. The Bertz CT molecular complexity index is 318. The van der Waals surface area contributed by atoms with Crippen molar-refractivity contribution in [2.45, 2.75) is 0 Å². The summed E-state index contributed by atoms with van der Waals surface area (Å²) in [7, 11) is 0. The van der Waals surface area contributed by atoms with E-state index in [0.29, 0.717) is 0 Å². The number of nitrogen functional groups attached to an aromatic ring is 1. The Labute approximate surface area is 177 Å². The molecule has 0 spiro atoms. The van der Waals surface area contributed by atoms with Crippen LogP contribution in [-0.4, -0.2) is 16.9 Å². The van der Waals surface area contributed by atoms with Crippen molar-refractivity contribution in [3.8, 4) is 0 Å². The molecule has 1 aromatic heterocycles. The summed E-state index contributed by atoms with van der Waals surface area (Å²) in [5.74, 6) is -3.09. The van der Waals surface area contributed by atoms with Gasteiger partial charge in [-0.1, -0.05) is 0 Å². The molecule has 0 aliphatic heterocycles. The van der Waals surface area contributed by atoms with Crippen LogP contribution in [0.4, 0.5) is 5.69 Å². The molecule has 0 aliphatic rings. The largest absolute Gasteiger partial charge is 1.00 e. The Morgan fingerprint density at radius 2 is 1.71 bits per heavy atom. The summed E-state index contributed by atoms with van der Waals surface area (Å²) < 4.78 is 0. The minimum absolute atomic E-state index is 0. The van der Waals surface area contributed by atoms with Crippen molar-refractivity contribution in [2.75, 3.05) is 5.73 Å². The standard InChI is InChI=1S/C6H6N2O4.2Rb/c7-3-2(5(9)10)1-8-4(3)6(11)12;;/h1,8H,7H2,(H,9,10)(H,11,12);;/q;2*+1/p-2. The normalized spacial score (nSPS) is 8.29. The summed E-state index contributed by atoms with van der Waals surface area (Å²) in [4.78, 5) is 22.6. The number of aromatic amines is 1. The maximum Gasteiger partial charge on any atom is 1.00 e. The summed E-state index contributed by atoms with van der Waals surface area (Å²) >= 11 is 0. The van der Waals surface area contributed by atoms with Crippen LogP contribution in [0.1, 0.15) is 20.8 Å². The molecule has 1 heterocycles. The molecule has 0 aromatic carbocycles. The summed E-state index contributed by atoms with van der Waals surface area (Å²) in [5, 5.41) is 20.5. The van der Waals surface area contributed by atoms with Crippen LogP contribution in [0.2, 0.25) is 0 Å². The fourth-order valence-corrected chi connectivity index (χ4v) is 0.772. The molecular formula is C6H4N2O4Rb2. The van der Waals surface area contributed by atoms with Crippen molar-refractivity contribution in [2.24, 2.45) is 0 Å². The fourth-order valence-electron chi connectivity index (χ4n) is 0.772. The predicted molar refractivity (Wildman–Crippen MR) is 33.9 cm³/mol. The molecule has 0 unspecified atom stereocenters. The molecule has 64 valence electrons. The van der Waals surface area contributed by atoms with Gasteiger partial charge in [0.25, 0.3) is 0 Å². The van der Waals surface area contributed by atoms with Crippen molar-refractivity contribution in [1.82, 2.24) is 4.98 Å². The Morgan fingerprint density at radius 1 is 1.21 bits per heavy atom. The number of rotatable bonds is 2. The molecule has 0 radical (unpaired) electrons. The van der Waals surface area contributed by atoms with Crippen molar-refractivity contribution >= 4 is 17.6 Å². The molecule has 1 aromatic rings. The number of hydrogen-bond donors (Lipinski definition) is 2. The van der Waals surface area contributed by atoms with E-state index in [4.69, 9.17) is 5.73 Å². The first-order valence-corrected chi connectivity index (χ1v) is 2.93. The number of anilines is 1. The van der Waals surface area contributed by atoms with E-state index in [1.165, 1.54) is 0 Å². The first kappa shape index (κ1) is 18.0. The van der Waals surface area contributed by atoms with Gasteiger partial charge in [-0.3, -0.25) is 0 Å². The van der Waals surface area contributed by atoms with Gasteiger partial charge in [-0.15, -0.1) is 0 Å². The Balaban J connectivity index is 0. The Morgan fingerprint density at radius 3 is 1.93 bits per heavy atom. The van der Waals surface area contributed by atoms with Gasteiger partial charge >= 0.3 is 116 Å². The van der Waals surface area contributed by atoms with Gasteiger partial charge in [0.2, 0.25) is 0 Å². The zero-order valence-electron chi connectivity index (χ0n) is 7.79. The maximum atomic E-state index is 10.2. The SMILES string of the molecule is Nc1c(C(=O)[O-])c[nH]c1C(=O)[O-].[Rb+].[Rb+]. The quantitative estimate of drug-likeness (QED) is 0.554. The molecule has 0 saturated heterocycles. The number of aromatic nitrogens is 1. The van der Waals surface area contributed by atoms with Gasteiger partial charge in [-0.05, 0) is 0 Å². The summed E-state index contributed by atoms with van der Waals surface area (Å²) in [6.07, 6.45) is 0.940. The van der Waals surface area contributed by atoms with Gasteiger partial charge in [-0.25, -0.2) is 0 Å². The second-order valence-corrected chi connectivity index (χ2v) is 2.07. The zero-order chi connectivity index (χ0) is 9.30. The molecule has 0 fully saturated rings. The van der Waals surface area contributed by atoms with Crippen LogP contribution >= 0.6 is 0 Å². The van der Waals surface area contributed by atoms with E-state index in [9.17, 15) is 19.8 Å². The summed E-state index contributed by atoms with van der Waals surface area (Å²) in [6, 6.07) is 0. The van der Waals surface area contributed by atoms with Gasteiger partial charge < -0.3 is 30.5 Å². The van der Waals surface area contributed by atoms with Crippen molar-refractivity contribution < 1.29 is 136 Å². The number of carboxylic acids is 2. The average Bonchev–Trinajstić information content (AvgIpc) is 2.30. The van der Waals surface area contributed by atoms with Crippen molar-refractivity contribution in [3.05, 3.63) is 17.5 Å². The summed E-state index contributed by atoms with van der Waals surface area (Å²) in [6.45, 7) is 0. The topological polar surface area (TPSA) is 122 Å².